The van der Waals surface area contributed by atoms with Gasteiger partial charge in [-0.3, -0.25) is 19.2 Å². The number of non-ortho nitro benzene ring substituents is 1. The molecule has 0 aliphatic carbocycles. The van der Waals surface area contributed by atoms with Gasteiger partial charge in [-0.15, -0.1) is 0 Å². The molecule has 2 rings (SSSR count). The van der Waals surface area contributed by atoms with Crippen LogP contribution >= 0.6 is 15.2 Å². The number of fused-ring (bicyclic) bond motifs is 1. The van der Waals surface area contributed by atoms with Crippen LogP contribution in [0.15, 0.2) is 30.3 Å². The maximum Gasteiger partial charge on any atom is 0.361 e. The highest BCUT2D eigenvalue weighted by atomic mass is 31.2. The fourth-order valence-corrected chi connectivity index (χ4v) is 6.28. The summed E-state index contributed by atoms with van der Waals surface area (Å²) in [4.78, 5) is 10.9. The van der Waals surface area contributed by atoms with Crippen molar-refractivity contribution in [3.63, 3.8) is 0 Å². The van der Waals surface area contributed by atoms with E-state index >= 15 is 0 Å². The number of rotatable bonds is 11. The topological polar surface area (TPSA) is 114 Å². The minimum absolute atomic E-state index is 0.117. The van der Waals surface area contributed by atoms with E-state index in [2.05, 4.69) is 0 Å². The lowest BCUT2D eigenvalue weighted by Gasteiger charge is -2.21. The molecule has 0 saturated heterocycles. The zero-order valence-corrected chi connectivity index (χ0v) is 18.6. The molecule has 0 bridgehead atoms. The van der Waals surface area contributed by atoms with Gasteiger partial charge in [0.25, 0.3) is 5.69 Å². The van der Waals surface area contributed by atoms with Gasteiger partial charge in [-0.1, -0.05) is 0 Å². The maximum absolute atomic E-state index is 13.4. The van der Waals surface area contributed by atoms with E-state index in [1.165, 1.54) is 30.3 Å². The summed E-state index contributed by atoms with van der Waals surface area (Å²) in [5.41, 5.74) is -0.183. The molecule has 0 aromatic heterocycles. The molecule has 9 nitrogen and oxygen atoms in total. The molecular weight excluding hydrogens is 420 g/mol. The Kier molecular flexibility index (Phi) is 8.11. The Morgan fingerprint density at radius 1 is 0.793 bits per heavy atom. The van der Waals surface area contributed by atoms with E-state index in [0.717, 1.165) is 0 Å². The zero-order chi connectivity index (χ0) is 21.7. The monoisotopic (exact) mass is 445 g/mol. The van der Waals surface area contributed by atoms with Crippen LogP contribution in [0.5, 0.6) is 0 Å². The van der Waals surface area contributed by atoms with Gasteiger partial charge in [0.1, 0.15) is 0 Å². The fraction of sp³-hybridized carbons (Fsp3) is 0.444. The predicted molar refractivity (Wildman–Crippen MR) is 112 cm³/mol. The second-order valence-corrected chi connectivity index (χ2v) is 9.78. The SMILES string of the molecule is CCOP(=O)(OCC)c1ccc2c([N+](=O)[O-])ccc(P(=O)(OCC)OCC)c2c1. The van der Waals surface area contributed by atoms with E-state index in [0.29, 0.717) is 0 Å². The van der Waals surface area contributed by atoms with Gasteiger partial charge in [0, 0.05) is 11.5 Å². The van der Waals surface area contributed by atoms with E-state index in [4.69, 9.17) is 18.1 Å². The molecule has 0 amide bonds. The van der Waals surface area contributed by atoms with Crippen LogP contribution in [0.25, 0.3) is 10.8 Å². The van der Waals surface area contributed by atoms with Crippen LogP contribution in [0.1, 0.15) is 27.7 Å². The molecule has 0 aliphatic heterocycles. The molecule has 0 heterocycles. The van der Waals surface area contributed by atoms with Crippen LogP contribution in [-0.2, 0) is 27.2 Å². The molecule has 0 spiro atoms. The average Bonchev–Trinajstić information content (AvgIpc) is 2.67. The van der Waals surface area contributed by atoms with Gasteiger partial charge in [0.2, 0.25) is 0 Å². The summed E-state index contributed by atoms with van der Waals surface area (Å²) in [5, 5.41) is 12.3. The van der Waals surface area contributed by atoms with Crippen molar-refractivity contribution in [1.29, 1.82) is 0 Å². The average molecular weight is 445 g/mol. The van der Waals surface area contributed by atoms with E-state index in [1.807, 2.05) is 0 Å². The van der Waals surface area contributed by atoms with Gasteiger partial charge in [-0.2, -0.15) is 0 Å². The van der Waals surface area contributed by atoms with Crippen LogP contribution in [-0.4, -0.2) is 31.4 Å². The largest absolute Gasteiger partial charge is 0.361 e. The van der Waals surface area contributed by atoms with Crippen molar-refractivity contribution >= 4 is 42.3 Å². The van der Waals surface area contributed by atoms with Gasteiger partial charge in [0.05, 0.1) is 47.3 Å². The predicted octanol–water partition coefficient (Wildman–Crippen LogP) is 4.53. The molecule has 0 atom stereocenters. The number of nitro benzene ring substituents is 1. The first kappa shape index (κ1) is 23.7. The molecule has 2 aromatic carbocycles. The molecule has 160 valence electrons. The van der Waals surface area contributed by atoms with Crippen molar-refractivity contribution in [2.75, 3.05) is 26.4 Å². The number of benzene rings is 2. The first-order valence-corrected chi connectivity index (χ1v) is 12.3. The molecule has 0 saturated carbocycles. The Hall–Kier alpha value is -1.60. The van der Waals surface area contributed by atoms with Crippen LogP contribution in [0.4, 0.5) is 5.69 Å². The van der Waals surface area contributed by atoms with Gasteiger partial charge >= 0.3 is 15.2 Å². The minimum atomic E-state index is -3.76. The van der Waals surface area contributed by atoms with Gasteiger partial charge < -0.3 is 18.1 Å². The molecule has 29 heavy (non-hydrogen) atoms. The van der Waals surface area contributed by atoms with Gasteiger partial charge in [-0.25, -0.2) is 0 Å². The van der Waals surface area contributed by atoms with Crippen LogP contribution in [0.3, 0.4) is 0 Å². The molecule has 11 heteroatoms. The quantitative estimate of drug-likeness (QED) is 0.282. The van der Waals surface area contributed by atoms with E-state index < -0.39 is 20.1 Å². The normalized spacial score (nSPS) is 12.4. The summed E-state index contributed by atoms with van der Waals surface area (Å²) in [6.07, 6.45) is 0. The number of nitrogens with zero attached hydrogens (tertiary/aromatic N) is 1. The standard InChI is InChI=1S/C18H25NO8P2/c1-5-24-28(22,25-6-2)14-9-10-15-16(13-14)18(12-11-17(15)19(20)21)29(23,26-7-3)27-8-4/h9-13H,5-8H2,1-4H3. The Labute approximate surface area is 169 Å². The Balaban J connectivity index is 2.85. The smallest absolute Gasteiger partial charge is 0.305 e. The van der Waals surface area contributed by atoms with Crippen molar-refractivity contribution in [1.82, 2.24) is 0 Å². The lowest BCUT2D eigenvalue weighted by atomic mass is 10.1. The summed E-state index contributed by atoms with van der Waals surface area (Å²) in [6, 6.07) is 6.94. The van der Waals surface area contributed by atoms with Crippen LogP contribution in [0.2, 0.25) is 0 Å². The highest BCUT2D eigenvalue weighted by Gasteiger charge is 2.33. The second kappa shape index (κ2) is 9.94. The van der Waals surface area contributed by atoms with E-state index in [-0.39, 0.29) is 53.5 Å². The second-order valence-electron chi connectivity index (χ2n) is 5.76. The molecular formula is C18H25NO8P2. The fourth-order valence-electron chi connectivity index (χ4n) is 2.92. The third kappa shape index (κ3) is 4.94. The first-order chi connectivity index (χ1) is 13.8. The molecule has 0 radical (unpaired) electrons. The van der Waals surface area contributed by atoms with Crippen LogP contribution < -0.4 is 10.6 Å². The van der Waals surface area contributed by atoms with E-state index in [1.54, 1.807) is 27.7 Å². The highest BCUT2D eigenvalue weighted by molar-refractivity contribution is 7.63. The summed E-state index contributed by atoms with van der Waals surface area (Å²) in [5.74, 6) is 0. The lowest BCUT2D eigenvalue weighted by Crippen LogP contribution is -2.16. The number of hydrogen-bond donors (Lipinski definition) is 0. The molecule has 0 N–H and O–H groups in total. The van der Waals surface area contributed by atoms with Crippen molar-refractivity contribution in [3.8, 4) is 0 Å². The van der Waals surface area contributed by atoms with Crippen molar-refractivity contribution in [3.05, 3.63) is 40.4 Å². The van der Waals surface area contributed by atoms with Crippen molar-refractivity contribution < 1.29 is 32.1 Å². The third-order valence-electron chi connectivity index (χ3n) is 3.96. The zero-order valence-electron chi connectivity index (χ0n) is 16.8. The molecule has 0 fully saturated rings. The van der Waals surface area contributed by atoms with Crippen molar-refractivity contribution in [2.45, 2.75) is 27.7 Å². The molecule has 0 unspecified atom stereocenters. The van der Waals surface area contributed by atoms with Crippen molar-refractivity contribution in [2.24, 2.45) is 0 Å². The summed E-state index contributed by atoms with van der Waals surface area (Å²) < 4.78 is 48.1. The first-order valence-electron chi connectivity index (χ1n) is 9.26. The summed E-state index contributed by atoms with van der Waals surface area (Å²) >= 11 is 0. The summed E-state index contributed by atoms with van der Waals surface area (Å²) in [6.45, 7) is 7.23. The molecule has 2 aromatic rings. The highest BCUT2D eigenvalue weighted by Crippen LogP contribution is 2.51. The maximum atomic E-state index is 13.4. The van der Waals surface area contributed by atoms with Gasteiger partial charge in [0.15, 0.2) is 0 Å². The van der Waals surface area contributed by atoms with E-state index in [9.17, 15) is 19.2 Å². The Morgan fingerprint density at radius 3 is 1.79 bits per heavy atom. The summed E-state index contributed by atoms with van der Waals surface area (Å²) in [7, 11) is -7.42. The minimum Gasteiger partial charge on any atom is -0.305 e. The number of hydrogen-bond acceptors (Lipinski definition) is 8. The number of nitro groups is 1. The third-order valence-corrected chi connectivity index (χ3v) is 8.24. The Morgan fingerprint density at radius 2 is 1.31 bits per heavy atom. The lowest BCUT2D eigenvalue weighted by molar-refractivity contribution is -0.383. The van der Waals surface area contributed by atoms with Gasteiger partial charge in [-0.05, 0) is 52.0 Å². The Bertz CT molecular complexity index is 958. The van der Waals surface area contributed by atoms with Crippen LogP contribution in [0, 0.1) is 10.1 Å². The molecule has 0 aliphatic rings.